The molecule has 0 saturated heterocycles. The van der Waals surface area contributed by atoms with Gasteiger partial charge in [0, 0.05) is 9.90 Å². The largest absolute Gasteiger partial charge is 0.495 e. The van der Waals surface area contributed by atoms with E-state index in [1.165, 1.54) is 18.4 Å². The van der Waals surface area contributed by atoms with E-state index in [4.69, 9.17) is 21.1 Å². The molecule has 2 N–H and O–H groups in total. The van der Waals surface area contributed by atoms with Gasteiger partial charge in [0.25, 0.3) is 0 Å². The van der Waals surface area contributed by atoms with Crippen LogP contribution in [-0.2, 0) is 20.7 Å². The van der Waals surface area contributed by atoms with Gasteiger partial charge in [-0.1, -0.05) is 18.5 Å². The molecular weight excluding hydrogens is 442 g/mol. The summed E-state index contributed by atoms with van der Waals surface area (Å²) in [6.07, 6.45) is 0.736. The molecule has 8 nitrogen and oxygen atoms in total. The average molecular weight is 468 g/mol. The zero-order chi connectivity index (χ0) is 23.0. The molecule has 0 aliphatic carbocycles. The Morgan fingerprint density at radius 1 is 1.10 bits per heavy atom. The minimum absolute atomic E-state index is 0.0293. The molecule has 168 valence electrons. The first-order chi connectivity index (χ1) is 14.8. The summed E-state index contributed by atoms with van der Waals surface area (Å²) < 4.78 is 10.3. The standard InChI is InChI=1S/C21H26ClN3O5S/c1-5-14-10-15(21(28)30-6-2)20(31-14)24-19(27)12-25(3)11-18(26)23-16-9-13(22)7-8-17(16)29-4/h7-10H,5-6,11-12H2,1-4H3,(H,23,26)(H,24,27). The molecule has 0 unspecified atom stereocenters. The molecule has 0 spiro atoms. The number of esters is 1. The van der Waals surface area contributed by atoms with E-state index < -0.39 is 5.97 Å². The molecule has 2 aromatic rings. The van der Waals surface area contributed by atoms with Crippen molar-refractivity contribution in [1.29, 1.82) is 0 Å². The fraction of sp³-hybridized carbons (Fsp3) is 0.381. The predicted molar refractivity (Wildman–Crippen MR) is 122 cm³/mol. The molecule has 10 heteroatoms. The summed E-state index contributed by atoms with van der Waals surface area (Å²) in [4.78, 5) is 39.5. The SMILES string of the molecule is CCOC(=O)c1cc(CC)sc1NC(=O)CN(C)CC(=O)Nc1cc(Cl)ccc1OC. The number of amides is 2. The maximum absolute atomic E-state index is 12.5. The Morgan fingerprint density at radius 2 is 1.77 bits per heavy atom. The summed E-state index contributed by atoms with van der Waals surface area (Å²) >= 11 is 7.31. The van der Waals surface area contributed by atoms with Gasteiger partial charge in [0.15, 0.2) is 0 Å². The number of ether oxygens (including phenoxy) is 2. The second-order valence-corrected chi connectivity index (χ2v) is 8.22. The van der Waals surface area contributed by atoms with Crippen LogP contribution in [0.15, 0.2) is 24.3 Å². The molecule has 1 aromatic carbocycles. The second kappa shape index (κ2) is 11.7. The van der Waals surface area contributed by atoms with Crippen LogP contribution in [0, 0.1) is 0 Å². The van der Waals surface area contributed by atoms with Crippen LogP contribution in [0.2, 0.25) is 5.02 Å². The maximum atomic E-state index is 12.5. The highest BCUT2D eigenvalue weighted by atomic mass is 35.5. The molecule has 0 radical (unpaired) electrons. The van der Waals surface area contributed by atoms with Gasteiger partial charge in [-0.2, -0.15) is 0 Å². The van der Waals surface area contributed by atoms with E-state index in [1.54, 1.807) is 43.1 Å². The maximum Gasteiger partial charge on any atom is 0.341 e. The van der Waals surface area contributed by atoms with E-state index in [0.29, 0.717) is 27.0 Å². The number of likely N-dealkylation sites (N-methyl/N-ethyl adjacent to an activating group) is 1. The number of anilines is 2. The molecule has 1 heterocycles. The van der Waals surface area contributed by atoms with Crippen LogP contribution in [-0.4, -0.2) is 56.5 Å². The number of aryl methyl sites for hydroxylation is 1. The van der Waals surface area contributed by atoms with Crippen molar-refractivity contribution in [3.8, 4) is 5.75 Å². The van der Waals surface area contributed by atoms with Crippen molar-refractivity contribution in [2.24, 2.45) is 0 Å². The molecule has 31 heavy (non-hydrogen) atoms. The lowest BCUT2D eigenvalue weighted by Crippen LogP contribution is -2.36. The summed E-state index contributed by atoms with van der Waals surface area (Å²) in [7, 11) is 3.14. The van der Waals surface area contributed by atoms with Crippen molar-refractivity contribution in [2.75, 3.05) is 44.5 Å². The number of carbonyl (C=O) groups excluding carboxylic acids is 3. The smallest absolute Gasteiger partial charge is 0.341 e. The lowest BCUT2D eigenvalue weighted by Gasteiger charge is -2.17. The van der Waals surface area contributed by atoms with E-state index in [-0.39, 0.29) is 31.5 Å². The van der Waals surface area contributed by atoms with Crippen molar-refractivity contribution in [3.05, 3.63) is 39.7 Å². The van der Waals surface area contributed by atoms with E-state index in [1.807, 2.05) is 6.92 Å². The van der Waals surface area contributed by atoms with Gasteiger partial charge in [0.05, 0.1) is 38.1 Å². The van der Waals surface area contributed by atoms with Gasteiger partial charge in [-0.3, -0.25) is 14.5 Å². The summed E-state index contributed by atoms with van der Waals surface area (Å²) in [6, 6.07) is 6.63. The van der Waals surface area contributed by atoms with Crippen LogP contribution in [0.4, 0.5) is 10.7 Å². The van der Waals surface area contributed by atoms with E-state index in [0.717, 1.165) is 11.3 Å². The molecule has 2 amide bonds. The molecule has 0 aliphatic rings. The number of hydrogen-bond donors (Lipinski definition) is 2. The number of hydrogen-bond acceptors (Lipinski definition) is 7. The molecule has 2 rings (SSSR count). The zero-order valence-electron chi connectivity index (χ0n) is 17.9. The lowest BCUT2D eigenvalue weighted by atomic mass is 10.2. The van der Waals surface area contributed by atoms with Gasteiger partial charge >= 0.3 is 5.97 Å². The second-order valence-electron chi connectivity index (χ2n) is 6.64. The number of benzene rings is 1. The van der Waals surface area contributed by atoms with Gasteiger partial charge in [-0.15, -0.1) is 11.3 Å². The summed E-state index contributed by atoms with van der Waals surface area (Å²) in [5.41, 5.74) is 0.785. The molecule has 0 bridgehead atoms. The Labute approximate surface area is 190 Å². The Bertz CT molecular complexity index is 947. The third-order valence-electron chi connectivity index (χ3n) is 4.14. The van der Waals surface area contributed by atoms with Gasteiger partial charge in [-0.05, 0) is 44.7 Å². The van der Waals surface area contributed by atoms with Crippen LogP contribution in [0.5, 0.6) is 5.75 Å². The first-order valence-corrected chi connectivity index (χ1v) is 10.9. The van der Waals surface area contributed by atoms with E-state index in [2.05, 4.69) is 10.6 Å². The summed E-state index contributed by atoms with van der Waals surface area (Å²) in [5.74, 6) is -0.663. The fourth-order valence-electron chi connectivity index (χ4n) is 2.75. The van der Waals surface area contributed by atoms with Crippen molar-refractivity contribution < 1.29 is 23.9 Å². The van der Waals surface area contributed by atoms with E-state index >= 15 is 0 Å². The monoisotopic (exact) mass is 467 g/mol. The molecule has 0 saturated carbocycles. The summed E-state index contributed by atoms with van der Waals surface area (Å²) in [5, 5.41) is 6.38. The fourth-order valence-corrected chi connectivity index (χ4v) is 3.92. The van der Waals surface area contributed by atoms with Gasteiger partial charge in [0.1, 0.15) is 10.8 Å². The molecule has 0 aliphatic heterocycles. The molecule has 0 atom stereocenters. The zero-order valence-corrected chi connectivity index (χ0v) is 19.5. The predicted octanol–water partition coefficient (Wildman–Crippen LogP) is 3.66. The topological polar surface area (TPSA) is 97.0 Å². The third-order valence-corrected chi connectivity index (χ3v) is 5.57. The minimum Gasteiger partial charge on any atom is -0.495 e. The Kier molecular flexibility index (Phi) is 9.29. The number of carbonyl (C=O) groups is 3. The first kappa shape index (κ1) is 24.6. The molecule has 0 fully saturated rings. The Morgan fingerprint density at radius 3 is 2.39 bits per heavy atom. The van der Waals surface area contributed by atoms with Crippen LogP contribution in [0.1, 0.15) is 29.1 Å². The number of nitrogens with one attached hydrogen (secondary N) is 2. The number of rotatable bonds is 10. The highest BCUT2D eigenvalue weighted by Gasteiger charge is 2.20. The Balaban J connectivity index is 1.96. The van der Waals surface area contributed by atoms with Gasteiger partial charge in [-0.25, -0.2) is 4.79 Å². The van der Waals surface area contributed by atoms with Crippen LogP contribution < -0.4 is 15.4 Å². The van der Waals surface area contributed by atoms with Crippen molar-refractivity contribution in [3.63, 3.8) is 0 Å². The van der Waals surface area contributed by atoms with Crippen LogP contribution in [0.3, 0.4) is 0 Å². The van der Waals surface area contributed by atoms with E-state index in [9.17, 15) is 14.4 Å². The normalized spacial score (nSPS) is 10.6. The highest BCUT2D eigenvalue weighted by Crippen LogP contribution is 2.29. The molecule has 1 aromatic heterocycles. The lowest BCUT2D eigenvalue weighted by molar-refractivity contribution is -0.119. The number of halogens is 1. The minimum atomic E-state index is -0.475. The van der Waals surface area contributed by atoms with Crippen LogP contribution in [0.25, 0.3) is 0 Å². The molecular formula is C21H26ClN3O5S. The van der Waals surface area contributed by atoms with Crippen molar-refractivity contribution in [2.45, 2.75) is 20.3 Å². The van der Waals surface area contributed by atoms with Crippen molar-refractivity contribution in [1.82, 2.24) is 4.90 Å². The van der Waals surface area contributed by atoms with Crippen LogP contribution >= 0.6 is 22.9 Å². The highest BCUT2D eigenvalue weighted by molar-refractivity contribution is 7.16. The third kappa shape index (κ3) is 7.23. The Hall–Kier alpha value is -2.62. The first-order valence-electron chi connectivity index (χ1n) is 9.68. The number of thiophene rings is 1. The summed E-state index contributed by atoms with van der Waals surface area (Å²) in [6.45, 7) is 3.87. The number of nitrogens with zero attached hydrogens (tertiary/aromatic N) is 1. The van der Waals surface area contributed by atoms with Gasteiger partial charge < -0.3 is 20.1 Å². The quantitative estimate of drug-likeness (QED) is 0.517. The average Bonchev–Trinajstić information content (AvgIpc) is 3.10. The van der Waals surface area contributed by atoms with Crippen molar-refractivity contribution >= 4 is 51.4 Å². The van der Waals surface area contributed by atoms with Gasteiger partial charge in [0.2, 0.25) is 11.8 Å². The number of methoxy groups -OCH3 is 1.